The van der Waals surface area contributed by atoms with Gasteiger partial charge in [-0.25, -0.2) is 4.39 Å². The highest BCUT2D eigenvalue weighted by atomic mass is 35.5. The highest BCUT2D eigenvalue weighted by Crippen LogP contribution is 2.35. The highest BCUT2D eigenvalue weighted by molar-refractivity contribution is 7.99. The molecule has 0 aliphatic carbocycles. The Morgan fingerprint density at radius 1 is 1.29 bits per heavy atom. The lowest BCUT2D eigenvalue weighted by atomic mass is 9.81. The van der Waals surface area contributed by atoms with Crippen LogP contribution in [0.4, 0.5) is 4.39 Å². The molecule has 1 fully saturated rings. The van der Waals surface area contributed by atoms with Gasteiger partial charge in [0.1, 0.15) is 11.9 Å². The van der Waals surface area contributed by atoms with Crippen LogP contribution < -0.4 is 4.74 Å². The second-order valence-corrected chi connectivity index (χ2v) is 10.5. The van der Waals surface area contributed by atoms with Gasteiger partial charge in [0.2, 0.25) is 0 Å². The molecule has 0 spiro atoms. The maximum atomic E-state index is 15.4. The number of alkyl halides is 1. The fourth-order valence-electron chi connectivity index (χ4n) is 4.78. The van der Waals surface area contributed by atoms with E-state index in [0.717, 1.165) is 41.1 Å². The number of carbonyl (C=O) groups is 1. The van der Waals surface area contributed by atoms with E-state index in [4.69, 9.17) is 16.3 Å². The molecule has 186 valence electrons. The number of piperidine rings is 1. The summed E-state index contributed by atoms with van der Waals surface area (Å²) >= 11 is 7.68. The van der Waals surface area contributed by atoms with Crippen LogP contribution in [0.5, 0.6) is 5.75 Å². The first-order chi connectivity index (χ1) is 16.9. The molecule has 35 heavy (non-hydrogen) atoms. The van der Waals surface area contributed by atoms with Gasteiger partial charge in [-0.3, -0.25) is 9.78 Å². The molecule has 1 unspecified atom stereocenters. The number of hydrogen-bond donors (Lipinski definition) is 1. The summed E-state index contributed by atoms with van der Waals surface area (Å²) in [6.07, 6.45) is 2.03. The topological polar surface area (TPSA) is 62.7 Å². The number of benzene rings is 2. The van der Waals surface area contributed by atoms with Crippen molar-refractivity contribution in [1.82, 2.24) is 9.88 Å². The number of aromatic nitrogens is 1. The van der Waals surface area contributed by atoms with E-state index in [9.17, 15) is 9.90 Å². The summed E-state index contributed by atoms with van der Waals surface area (Å²) in [6.45, 7) is 2.16. The molecule has 2 aromatic carbocycles. The van der Waals surface area contributed by atoms with E-state index >= 15 is 4.39 Å². The summed E-state index contributed by atoms with van der Waals surface area (Å²) in [4.78, 5) is 19.7. The van der Waals surface area contributed by atoms with Crippen molar-refractivity contribution in [2.45, 2.75) is 30.3 Å². The average Bonchev–Trinajstić information content (AvgIpc) is 2.88. The van der Waals surface area contributed by atoms with Crippen molar-refractivity contribution in [2.24, 2.45) is 11.8 Å². The van der Waals surface area contributed by atoms with Gasteiger partial charge < -0.3 is 14.7 Å². The Balaban J connectivity index is 1.32. The predicted molar refractivity (Wildman–Crippen MR) is 139 cm³/mol. The van der Waals surface area contributed by atoms with E-state index < -0.39 is 18.1 Å². The first-order valence-electron chi connectivity index (χ1n) is 11.8. The van der Waals surface area contributed by atoms with Crippen LogP contribution in [0, 0.1) is 11.8 Å². The van der Waals surface area contributed by atoms with E-state index in [0.29, 0.717) is 29.3 Å². The number of ether oxygens (including phenoxy) is 1. The van der Waals surface area contributed by atoms with Gasteiger partial charge in [0, 0.05) is 40.3 Å². The van der Waals surface area contributed by atoms with Gasteiger partial charge in [-0.15, -0.1) is 11.8 Å². The standard InChI is InChI=1S/C27H30ClFN2O3S/c1-34-20-5-9-26-23(16-20)22(10-12-30-26)25(29)8-2-18-11-13-31(17-24(18)27(32)33)14-15-35-21-6-3-19(28)4-7-21/h3-7,9-10,12,16,18,24-25H,2,8,11,13-15,17H2,1H3,(H,32,33)/t18-,24+,25?/m1/s1. The molecular formula is C27H30ClFN2O3S. The molecular weight excluding hydrogens is 487 g/mol. The van der Waals surface area contributed by atoms with E-state index in [1.807, 2.05) is 42.5 Å². The lowest BCUT2D eigenvalue weighted by molar-refractivity contribution is -0.146. The van der Waals surface area contributed by atoms with Gasteiger partial charge in [-0.1, -0.05) is 11.6 Å². The molecule has 0 bridgehead atoms. The van der Waals surface area contributed by atoms with Gasteiger partial charge in [0.15, 0.2) is 0 Å². The molecule has 1 saturated heterocycles. The van der Waals surface area contributed by atoms with Gasteiger partial charge in [0.05, 0.1) is 18.5 Å². The number of carboxylic acids is 1. The third-order valence-corrected chi connectivity index (χ3v) is 8.00. The number of nitrogens with zero attached hydrogens (tertiary/aromatic N) is 2. The lowest BCUT2D eigenvalue weighted by Gasteiger charge is -2.36. The highest BCUT2D eigenvalue weighted by Gasteiger charge is 2.34. The average molecular weight is 517 g/mol. The lowest BCUT2D eigenvalue weighted by Crippen LogP contribution is -2.44. The summed E-state index contributed by atoms with van der Waals surface area (Å²) in [7, 11) is 1.58. The number of likely N-dealkylation sites (tertiary alicyclic amines) is 1. The minimum absolute atomic E-state index is 0.0337. The third-order valence-electron chi connectivity index (χ3n) is 6.76. The number of halogens is 2. The molecule has 0 amide bonds. The van der Waals surface area contributed by atoms with E-state index in [1.54, 1.807) is 31.1 Å². The Kier molecular flexibility index (Phi) is 8.87. The number of pyridine rings is 1. The minimum atomic E-state index is -1.18. The Hall–Kier alpha value is -2.35. The van der Waals surface area contributed by atoms with Gasteiger partial charge in [-0.05, 0) is 85.8 Å². The quantitative estimate of drug-likeness (QED) is 0.310. The van der Waals surface area contributed by atoms with E-state index in [1.165, 1.54) is 0 Å². The fourth-order valence-corrected chi connectivity index (χ4v) is 5.82. The predicted octanol–water partition coefficient (Wildman–Crippen LogP) is 6.50. The van der Waals surface area contributed by atoms with Crippen molar-refractivity contribution in [1.29, 1.82) is 0 Å². The molecule has 2 heterocycles. The van der Waals surface area contributed by atoms with E-state index in [-0.39, 0.29) is 12.3 Å². The maximum Gasteiger partial charge on any atom is 0.308 e. The van der Waals surface area contributed by atoms with Crippen molar-refractivity contribution < 1.29 is 19.0 Å². The van der Waals surface area contributed by atoms with Gasteiger partial charge in [0.25, 0.3) is 0 Å². The van der Waals surface area contributed by atoms with Crippen LogP contribution in [0.15, 0.2) is 59.6 Å². The molecule has 0 radical (unpaired) electrons. The number of methoxy groups -OCH3 is 1. The van der Waals surface area contributed by atoms with Crippen molar-refractivity contribution in [3.63, 3.8) is 0 Å². The summed E-state index contributed by atoms with van der Waals surface area (Å²) in [5.41, 5.74) is 1.30. The van der Waals surface area contributed by atoms with Crippen molar-refractivity contribution in [2.75, 3.05) is 32.5 Å². The second-order valence-electron chi connectivity index (χ2n) is 8.92. The van der Waals surface area contributed by atoms with Crippen molar-refractivity contribution in [3.05, 3.63) is 65.3 Å². The Labute approximate surface area is 214 Å². The number of carboxylic acid groups (broad SMARTS) is 1. The smallest absolute Gasteiger partial charge is 0.308 e. The van der Waals surface area contributed by atoms with Gasteiger partial charge >= 0.3 is 5.97 Å². The van der Waals surface area contributed by atoms with E-state index in [2.05, 4.69) is 9.88 Å². The number of hydrogen-bond acceptors (Lipinski definition) is 5. The molecule has 0 saturated carbocycles. The third kappa shape index (κ3) is 6.66. The first-order valence-corrected chi connectivity index (χ1v) is 13.2. The Morgan fingerprint density at radius 2 is 2.09 bits per heavy atom. The molecule has 5 nitrogen and oxygen atoms in total. The largest absolute Gasteiger partial charge is 0.497 e. The molecule has 1 aliphatic heterocycles. The SMILES string of the molecule is COc1ccc2nccc(C(F)CC[C@@H]3CCN(CCSc4ccc(Cl)cc4)C[C@@H]3C(=O)O)c2c1. The summed E-state index contributed by atoms with van der Waals surface area (Å²) < 4.78 is 20.7. The number of thioether (sulfide) groups is 1. The first kappa shape index (κ1) is 25.7. The molecule has 4 rings (SSSR count). The zero-order valence-corrected chi connectivity index (χ0v) is 21.3. The van der Waals surface area contributed by atoms with Crippen LogP contribution >= 0.6 is 23.4 Å². The monoisotopic (exact) mass is 516 g/mol. The number of fused-ring (bicyclic) bond motifs is 1. The summed E-state index contributed by atoms with van der Waals surface area (Å²) in [5, 5.41) is 11.3. The van der Waals surface area contributed by atoms with Gasteiger partial charge in [-0.2, -0.15) is 0 Å². The second kappa shape index (κ2) is 12.1. The number of rotatable bonds is 10. The summed E-state index contributed by atoms with van der Waals surface area (Å²) in [6, 6.07) is 14.9. The Morgan fingerprint density at radius 3 is 2.83 bits per heavy atom. The fraction of sp³-hybridized carbons (Fsp3) is 0.407. The van der Waals surface area contributed by atoms with Crippen LogP contribution in [-0.4, -0.2) is 53.5 Å². The molecule has 1 N–H and O–H groups in total. The van der Waals surface area contributed by atoms with Crippen LogP contribution in [0.3, 0.4) is 0 Å². The normalized spacial score (nSPS) is 19.5. The number of aliphatic carboxylic acids is 1. The van der Waals surface area contributed by atoms with Crippen LogP contribution in [0.2, 0.25) is 5.02 Å². The van der Waals surface area contributed by atoms with Crippen LogP contribution in [0.25, 0.3) is 10.9 Å². The maximum absolute atomic E-state index is 15.4. The molecule has 1 aliphatic rings. The minimum Gasteiger partial charge on any atom is -0.497 e. The molecule has 3 aromatic rings. The summed E-state index contributed by atoms with van der Waals surface area (Å²) in [5.74, 6) is 0.231. The zero-order valence-electron chi connectivity index (χ0n) is 19.7. The van der Waals surface area contributed by atoms with Crippen molar-refractivity contribution in [3.8, 4) is 5.75 Å². The van der Waals surface area contributed by atoms with Crippen LogP contribution in [0.1, 0.15) is 31.0 Å². The molecule has 8 heteroatoms. The zero-order chi connectivity index (χ0) is 24.8. The Bertz CT molecular complexity index is 1150. The molecule has 1 aromatic heterocycles. The molecule has 3 atom stereocenters. The van der Waals surface area contributed by atoms with Crippen LogP contribution in [-0.2, 0) is 4.79 Å². The van der Waals surface area contributed by atoms with Crippen molar-refractivity contribution >= 4 is 40.2 Å².